The predicted octanol–water partition coefficient (Wildman–Crippen LogP) is 5.05. The molecule has 1 heterocycles. The number of fused-ring (bicyclic) bond motifs is 5. The first-order valence-corrected chi connectivity index (χ1v) is 9.89. The molecule has 4 nitrogen and oxygen atoms in total. The number of allylic oxidation sites excluding steroid dienone is 6. The van der Waals surface area contributed by atoms with E-state index in [1.807, 2.05) is 12.5 Å². The van der Waals surface area contributed by atoms with Crippen molar-refractivity contribution in [1.29, 1.82) is 0 Å². The lowest BCUT2D eigenvalue weighted by Crippen LogP contribution is -2.47. The van der Waals surface area contributed by atoms with Crippen LogP contribution < -0.4 is 0 Å². The van der Waals surface area contributed by atoms with Gasteiger partial charge < -0.3 is 9.77 Å². The molecule has 4 aliphatic carbocycles. The standard InChI is InChI=1S/C22H27N3O/c1-21-9-7-16(24-26)13-15(21)3-4-17-18-5-6-20(25-12-11-23-14-25)22(18,2)10-8-19(17)21/h5-6,11-14,17,19,26H,3-4,7-10H2,1-2H3/b24-16+/t17-,19-,21-,22-/m0/s1. The Hall–Kier alpha value is -2.10. The van der Waals surface area contributed by atoms with E-state index in [9.17, 15) is 5.21 Å². The first-order valence-electron chi connectivity index (χ1n) is 9.89. The highest BCUT2D eigenvalue weighted by Gasteiger charge is 2.54. The van der Waals surface area contributed by atoms with Crippen molar-refractivity contribution in [2.24, 2.45) is 27.8 Å². The summed E-state index contributed by atoms with van der Waals surface area (Å²) >= 11 is 0. The molecule has 136 valence electrons. The van der Waals surface area contributed by atoms with Crippen molar-refractivity contribution in [3.63, 3.8) is 0 Å². The minimum absolute atomic E-state index is 0.145. The van der Waals surface area contributed by atoms with Crippen LogP contribution in [-0.2, 0) is 0 Å². The largest absolute Gasteiger partial charge is 0.411 e. The van der Waals surface area contributed by atoms with Crippen LogP contribution in [0.1, 0.15) is 52.4 Å². The summed E-state index contributed by atoms with van der Waals surface area (Å²) in [7, 11) is 0. The highest BCUT2D eigenvalue weighted by molar-refractivity contribution is 5.96. The molecule has 0 radical (unpaired) electrons. The Labute approximate surface area is 155 Å². The summed E-state index contributed by atoms with van der Waals surface area (Å²) in [6.45, 7) is 4.89. The van der Waals surface area contributed by atoms with E-state index in [-0.39, 0.29) is 10.8 Å². The molecule has 0 unspecified atom stereocenters. The van der Waals surface area contributed by atoms with Gasteiger partial charge in [-0.05, 0) is 67.9 Å². The number of nitrogens with zero attached hydrogens (tertiary/aromatic N) is 3. The van der Waals surface area contributed by atoms with Gasteiger partial charge >= 0.3 is 0 Å². The van der Waals surface area contributed by atoms with Crippen LogP contribution in [0.4, 0.5) is 0 Å². The number of hydrogen-bond donors (Lipinski definition) is 1. The van der Waals surface area contributed by atoms with E-state index in [2.05, 4.69) is 53.0 Å². The molecule has 5 rings (SSSR count). The van der Waals surface area contributed by atoms with Gasteiger partial charge in [0.05, 0.1) is 12.0 Å². The van der Waals surface area contributed by atoms with Crippen LogP contribution >= 0.6 is 0 Å². The maximum atomic E-state index is 9.19. The number of oxime groups is 1. The maximum Gasteiger partial charge on any atom is 0.0989 e. The van der Waals surface area contributed by atoms with Crippen molar-refractivity contribution in [1.82, 2.24) is 9.55 Å². The minimum Gasteiger partial charge on any atom is -0.411 e. The average Bonchev–Trinajstić information content (AvgIpc) is 3.27. The topological polar surface area (TPSA) is 50.4 Å². The Morgan fingerprint density at radius 3 is 2.85 bits per heavy atom. The lowest BCUT2D eigenvalue weighted by atomic mass is 9.49. The van der Waals surface area contributed by atoms with Crippen molar-refractivity contribution in [2.75, 3.05) is 0 Å². The van der Waals surface area contributed by atoms with E-state index < -0.39 is 0 Å². The van der Waals surface area contributed by atoms with E-state index in [0.717, 1.165) is 25.0 Å². The Morgan fingerprint density at radius 2 is 2.08 bits per heavy atom. The van der Waals surface area contributed by atoms with E-state index in [4.69, 9.17) is 0 Å². The molecule has 2 fully saturated rings. The summed E-state index contributed by atoms with van der Waals surface area (Å²) in [4.78, 5) is 4.26. The second kappa shape index (κ2) is 5.45. The van der Waals surface area contributed by atoms with E-state index in [1.54, 1.807) is 5.57 Å². The van der Waals surface area contributed by atoms with Crippen LogP contribution in [0.2, 0.25) is 0 Å². The zero-order valence-corrected chi connectivity index (χ0v) is 15.7. The molecule has 1 N–H and O–H groups in total. The molecule has 0 aliphatic heterocycles. The molecule has 0 bridgehead atoms. The van der Waals surface area contributed by atoms with Crippen molar-refractivity contribution >= 4 is 11.4 Å². The SMILES string of the molecule is C[C@]12CC[C@H]3[C@@H](CCC4=C/C(=N/O)CC[C@@]43C)C1=CC=C2n1ccnc1. The number of rotatable bonds is 1. The van der Waals surface area contributed by atoms with Crippen molar-refractivity contribution in [3.8, 4) is 0 Å². The predicted molar refractivity (Wildman–Crippen MR) is 103 cm³/mol. The van der Waals surface area contributed by atoms with Gasteiger partial charge in [-0.3, -0.25) is 0 Å². The van der Waals surface area contributed by atoms with Gasteiger partial charge in [-0.25, -0.2) is 4.98 Å². The third-order valence-corrected chi connectivity index (χ3v) is 7.89. The molecular formula is C22H27N3O. The van der Waals surface area contributed by atoms with Gasteiger partial charge in [-0.2, -0.15) is 0 Å². The Kier molecular flexibility index (Phi) is 3.37. The van der Waals surface area contributed by atoms with Gasteiger partial charge in [0.15, 0.2) is 0 Å². The summed E-state index contributed by atoms with van der Waals surface area (Å²) in [5.41, 5.74) is 5.80. The van der Waals surface area contributed by atoms with E-state index in [0.29, 0.717) is 11.8 Å². The van der Waals surface area contributed by atoms with Crippen molar-refractivity contribution in [2.45, 2.75) is 52.4 Å². The average molecular weight is 349 g/mol. The number of imidazole rings is 1. The molecule has 4 aliphatic rings. The minimum atomic E-state index is 0.145. The fraction of sp³-hybridized carbons (Fsp3) is 0.545. The monoisotopic (exact) mass is 349 g/mol. The van der Waals surface area contributed by atoms with Crippen LogP contribution in [0.5, 0.6) is 0 Å². The maximum absolute atomic E-state index is 9.19. The lowest BCUT2D eigenvalue weighted by molar-refractivity contribution is 0.0707. The molecule has 1 aromatic rings. The van der Waals surface area contributed by atoms with Crippen LogP contribution in [0.15, 0.2) is 53.3 Å². The van der Waals surface area contributed by atoms with Gasteiger partial charge in [0.1, 0.15) is 0 Å². The molecule has 1 aromatic heterocycles. The first-order chi connectivity index (χ1) is 12.6. The Bertz CT molecular complexity index is 860. The van der Waals surface area contributed by atoms with Crippen LogP contribution in [0, 0.1) is 22.7 Å². The lowest BCUT2D eigenvalue weighted by Gasteiger charge is -2.56. The summed E-state index contributed by atoms with van der Waals surface area (Å²) in [6.07, 6.45) is 19.6. The molecule has 26 heavy (non-hydrogen) atoms. The van der Waals surface area contributed by atoms with Gasteiger partial charge in [0, 0.05) is 23.5 Å². The van der Waals surface area contributed by atoms with Crippen molar-refractivity contribution in [3.05, 3.63) is 48.1 Å². The zero-order valence-electron chi connectivity index (χ0n) is 15.7. The quantitative estimate of drug-likeness (QED) is 0.570. The third-order valence-electron chi connectivity index (χ3n) is 7.89. The molecule has 4 atom stereocenters. The fourth-order valence-electron chi connectivity index (χ4n) is 6.40. The van der Waals surface area contributed by atoms with Gasteiger partial charge in [-0.15, -0.1) is 0 Å². The highest BCUT2D eigenvalue weighted by Crippen LogP contribution is 2.64. The Balaban J connectivity index is 1.49. The molecule has 4 heteroatoms. The smallest absolute Gasteiger partial charge is 0.0989 e. The third kappa shape index (κ3) is 2.02. The molecule has 0 saturated heterocycles. The normalized spacial score (nSPS) is 40.2. The van der Waals surface area contributed by atoms with Crippen LogP contribution in [0.3, 0.4) is 0 Å². The summed E-state index contributed by atoms with van der Waals surface area (Å²) < 4.78 is 2.20. The summed E-state index contributed by atoms with van der Waals surface area (Å²) in [5.74, 6) is 1.37. The van der Waals surface area contributed by atoms with E-state index in [1.165, 1.54) is 30.5 Å². The van der Waals surface area contributed by atoms with Gasteiger partial charge in [-0.1, -0.05) is 36.2 Å². The van der Waals surface area contributed by atoms with Crippen LogP contribution in [0.25, 0.3) is 5.70 Å². The summed E-state index contributed by atoms with van der Waals surface area (Å²) in [6, 6.07) is 0. The van der Waals surface area contributed by atoms with Crippen molar-refractivity contribution < 1.29 is 5.21 Å². The fourth-order valence-corrected chi connectivity index (χ4v) is 6.40. The second-order valence-corrected chi connectivity index (χ2v) is 8.94. The molecule has 0 spiro atoms. The molecule has 0 amide bonds. The summed E-state index contributed by atoms with van der Waals surface area (Å²) in [5, 5.41) is 12.7. The number of hydrogen-bond acceptors (Lipinski definition) is 3. The first kappa shape index (κ1) is 16.1. The highest BCUT2D eigenvalue weighted by atomic mass is 16.4. The second-order valence-electron chi connectivity index (χ2n) is 8.94. The van der Waals surface area contributed by atoms with Gasteiger partial charge in [0.2, 0.25) is 0 Å². The van der Waals surface area contributed by atoms with Gasteiger partial charge in [0.25, 0.3) is 0 Å². The molecule has 0 aromatic carbocycles. The zero-order chi connectivity index (χ0) is 17.9. The van der Waals surface area contributed by atoms with E-state index >= 15 is 0 Å². The molecular weight excluding hydrogens is 322 g/mol. The molecule has 2 saturated carbocycles. The Morgan fingerprint density at radius 1 is 1.19 bits per heavy atom. The number of aromatic nitrogens is 2. The van der Waals surface area contributed by atoms with Crippen LogP contribution in [-0.4, -0.2) is 20.5 Å².